The summed E-state index contributed by atoms with van der Waals surface area (Å²) in [5, 5.41) is 0. The van der Waals surface area contributed by atoms with E-state index in [1.54, 1.807) is 12.1 Å². The number of benzene rings is 1. The zero-order chi connectivity index (χ0) is 9.97. The smallest absolute Gasteiger partial charge is 0.270 e. The van der Waals surface area contributed by atoms with E-state index in [4.69, 9.17) is 0 Å². The van der Waals surface area contributed by atoms with E-state index >= 15 is 0 Å². The van der Waals surface area contributed by atoms with Crippen LogP contribution in [0.4, 0.5) is 0 Å². The molecule has 70 valence electrons. The topological polar surface area (TPSA) is 62.8 Å². The number of nitrogens with zero attached hydrogens (tertiary/aromatic N) is 1. The van der Waals surface area contributed by atoms with Crippen molar-refractivity contribution in [1.82, 2.24) is 9.97 Å². The molecule has 0 radical (unpaired) electrons. The zero-order valence-electron chi connectivity index (χ0n) is 7.36. The van der Waals surface area contributed by atoms with Gasteiger partial charge in [0.05, 0.1) is 17.5 Å². The summed E-state index contributed by atoms with van der Waals surface area (Å²) in [5.41, 5.74) is 1.35. The van der Waals surface area contributed by atoms with Gasteiger partial charge in [0, 0.05) is 0 Å². The Morgan fingerprint density at radius 2 is 2.14 bits per heavy atom. The van der Waals surface area contributed by atoms with Gasteiger partial charge in [-0.15, -0.1) is 0 Å². The van der Waals surface area contributed by atoms with Crippen molar-refractivity contribution in [3.05, 3.63) is 40.3 Å². The average Bonchev–Trinajstić information content (AvgIpc) is 2.19. The largest absolute Gasteiger partial charge is 0.319 e. The van der Waals surface area contributed by atoms with E-state index in [-0.39, 0.29) is 17.7 Å². The molecule has 4 nitrogen and oxygen atoms in total. The van der Waals surface area contributed by atoms with E-state index in [2.05, 4.69) is 9.97 Å². The first-order chi connectivity index (χ1) is 6.81. The Morgan fingerprint density at radius 1 is 1.36 bits per heavy atom. The van der Waals surface area contributed by atoms with Crippen LogP contribution in [-0.2, 0) is 11.2 Å². The summed E-state index contributed by atoms with van der Waals surface area (Å²) < 4.78 is 0. The van der Waals surface area contributed by atoms with Crippen LogP contribution in [0, 0.1) is 0 Å². The van der Waals surface area contributed by atoms with Gasteiger partial charge in [-0.25, -0.2) is 4.98 Å². The lowest BCUT2D eigenvalue weighted by atomic mass is 10.2. The predicted molar refractivity (Wildman–Crippen MR) is 52.1 cm³/mol. The minimum Gasteiger partial charge on any atom is -0.319 e. The van der Waals surface area contributed by atoms with Crippen LogP contribution in [0.5, 0.6) is 0 Å². The molecule has 0 bridgehead atoms. The van der Waals surface area contributed by atoms with Crippen LogP contribution in [0.15, 0.2) is 29.1 Å². The molecule has 0 spiro atoms. The molecule has 0 aliphatic heterocycles. The highest BCUT2D eigenvalue weighted by Gasteiger charge is 2.02. The molecule has 0 saturated carbocycles. The molecule has 0 atom stereocenters. The third-order valence-electron chi connectivity index (χ3n) is 1.95. The molecule has 2 rings (SSSR count). The van der Waals surface area contributed by atoms with Crippen LogP contribution in [0.25, 0.3) is 11.0 Å². The summed E-state index contributed by atoms with van der Waals surface area (Å²) in [6.07, 6.45) is 0.729. The number of hydrogen-bond donors (Lipinski definition) is 1. The highest BCUT2D eigenvalue weighted by Crippen LogP contribution is 2.05. The zero-order valence-corrected chi connectivity index (χ0v) is 7.36. The van der Waals surface area contributed by atoms with Gasteiger partial charge in [-0.1, -0.05) is 12.1 Å². The minimum atomic E-state index is -0.296. The lowest BCUT2D eigenvalue weighted by Gasteiger charge is -1.98. The lowest BCUT2D eigenvalue weighted by Crippen LogP contribution is -2.15. The molecule has 2 aromatic rings. The Balaban J connectivity index is 2.70. The Hall–Kier alpha value is -1.97. The number of fused-ring (bicyclic) bond motifs is 1. The third-order valence-corrected chi connectivity index (χ3v) is 1.95. The molecule has 1 N–H and O–H groups in total. The van der Waals surface area contributed by atoms with Gasteiger partial charge in [-0.2, -0.15) is 0 Å². The molecule has 0 fully saturated rings. The first-order valence-corrected chi connectivity index (χ1v) is 4.23. The molecule has 4 heteroatoms. The number of H-pyrrole nitrogens is 1. The second-order valence-corrected chi connectivity index (χ2v) is 2.90. The number of aldehydes is 1. The molecule has 1 heterocycles. The van der Waals surface area contributed by atoms with Crippen molar-refractivity contribution < 1.29 is 4.79 Å². The molecular weight excluding hydrogens is 180 g/mol. The number of hydrogen-bond acceptors (Lipinski definition) is 3. The second-order valence-electron chi connectivity index (χ2n) is 2.90. The number of carbonyl (C=O) groups is 1. The van der Waals surface area contributed by atoms with E-state index in [0.29, 0.717) is 17.3 Å². The summed E-state index contributed by atoms with van der Waals surface area (Å²) in [6, 6.07) is 7.21. The van der Waals surface area contributed by atoms with E-state index in [1.165, 1.54) is 0 Å². The fourth-order valence-electron chi connectivity index (χ4n) is 1.28. The fourth-order valence-corrected chi connectivity index (χ4v) is 1.28. The van der Waals surface area contributed by atoms with Crippen LogP contribution in [0.1, 0.15) is 5.69 Å². The van der Waals surface area contributed by atoms with Gasteiger partial charge in [0.15, 0.2) is 0 Å². The molecule has 14 heavy (non-hydrogen) atoms. The van der Waals surface area contributed by atoms with Crippen molar-refractivity contribution >= 4 is 17.3 Å². The number of aromatic nitrogens is 2. The normalized spacial score (nSPS) is 10.3. The number of para-hydroxylation sites is 2. The highest BCUT2D eigenvalue weighted by molar-refractivity contribution is 5.74. The van der Waals surface area contributed by atoms with Gasteiger partial charge in [0.25, 0.3) is 5.56 Å². The molecule has 0 saturated heterocycles. The molecule has 0 aliphatic rings. The Kier molecular flexibility index (Phi) is 2.10. The van der Waals surface area contributed by atoms with E-state index in [0.717, 1.165) is 0 Å². The summed E-state index contributed by atoms with van der Waals surface area (Å²) in [6.45, 7) is 0. The maximum absolute atomic E-state index is 11.3. The van der Waals surface area contributed by atoms with Crippen LogP contribution in [0.2, 0.25) is 0 Å². The number of carbonyl (C=O) groups excluding carboxylic acids is 1. The Morgan fingerprint density at radius 3 is 2.93 bits per heavy atom. The highest BCUT2D eigenvalue weighted by atomic mass is 16.1. The standard InChI is InChI=1S/C10H8N2O2/c13-6-5-9-10(14)12-8-4-2-1-3-7(8)11-9/h1-4,6H,5H2,(H,12,14). The van der Waals surface area contributed by atoms with E-state index < -0.39 is 0 Å². The molecule has 1 aromatic carbocycles. The SMILES string of the molecule is O=CCc1nc2ccccc2[nH]c1=O. The maximum atomic E-state index is 11.3. The van der Waals surface area contributed by atoms with Crippen LogP contribution >= 0.6 is 0 Å². The van der Waals surface area contributed by atoms with Gasteiger partial charge < -0.3 is 9.78 Å². The Labute approximate surface area is 79.6 Å². The predicted octanol–water partition coefficient (Wildman–Crippen LogP) is 0.664. The van der Waals surface area contributed by atoms with Gasteiger partial charge in [0.1, 0.15) is 12.0 Å². The molecule has 1 aromatic heterocycles. The Bertz CT molecular complexity index is 531. The summed E-state index contributed by atoms with van der Waals surface area (Å²) >= 11 is 0. The summed E-state index contributed by atoms with van der Waals surface area (Å²) in [7, 11) is 0. The molecule has 0 aliphatic carbocycles. The maximum Gasteiger partial charge on any atom is 0.270 e. The molecular formula is C10H8N2O2. The quantitative estimate of drug-likeness (QED) is 0.704. The summed E-state index contributed by atoms with van der Waals surface area (Å²) in [5.74, 6) is 0. The van der Waals surface area contributed by atoms with Crippen LogP contribution in [0.3, 0.4) is 0 Å². The number of rotatable bonds is 2. The minimum absolute atomic E-state index is 0.0557. The lowest BCUT2D eigenvalue weighted by molar-refractivity contribution is -0.107. The van der Waals surface area contributed by atoms with Crippen molar-refractivity contribution in [2.75, 3.05) is 0 Å². The first kappa shape index (κ1) is 8.62. The van der Waals surface area contributed by atoms with Crippen molar-refractivity contribution in [2.45, 2.75) is 6.42 Å². The average molecular weight is 188 g/mol. The van der Waals surface area contributed by atoms with Crippen molar-refractivity contribution in [3.63, 3.8) is 0 Å². The van der Waals surface area contributed by atoms with Crippen LogP contribution < -0.4 is 5.56 Å². The third kappa shape index (κ3) is 1.42. The fraction of sp³-hybridized carbons (Fsp3) is 0.100. The monoisotopic (exact) mass is 188 g/mol. The summed E-state index contributed by atoms with van der Waals surface area (Å²) in [4.78, 5) is 28.4. The van der Waals surface area contributed by atoms with Crippen LogP contribution in [-0.4, -0.2) is 16.3 Å². The number of aromatic amines is 1. The van der Waals surface area contributed by atoms with Gasteiger partial charge in [0.2, 0.25) is 0 Å². The van der Waals surface area contributed by atoms with Gasteiger partial charge >= 0.3 is 0 Å². The van der Waals surface area contributed by atoms with E-state index in [1.807, 2.05) is 12.1 Å². The van der Waals surface area contributed by atoms with Gasteiger partial charge in [-0.3, -0.25) is 4.79 Å². The van der Waals surface area contributed by atoms with Crippen molar-refractivity contribution in [1.29, 1.82) is 0 Å². The molecule has 0 unspecified atom stereocenters. The van der Waals surface area contributed by atoms with Crippen molar-refractivity contribution in [2.24, 2.45) is 0 Å². The van der Waals surface area contributed by atoms with Crippen molar-refractivity contribution in [3.8, 4) is 0 Å². The van der Waals surface area contributed by atoms with E-state index in [9.17, 15) is 9.59 Å². The number of nitrogens with one attached hydrogen (secondary N) is 1. The van der Waals surface area contributed by atoms with Gasteiger partial charge in [-0.05, 0) is 12.1 Å². The first-order valence-electron chi connectivity index (χ1n) is 4.23. The molecule has 0 amide bonds. The second kappa shape index (κ2) is 3.41.